The number of aliphatic hydroxyl groups is 3. The zero-order valence-corrected chi connectivity index (χ0v) is 24.5. The highest BCUT2D eigenvalue weighted by Crippen LogP contribution is 2.35. The van der Waals surface area contributed by atoms with Crippen LogP contribution in [0, 0.1) is 5.92 Å². The van der Waals surface area contributed by atoms with E-state index >= 15 is 0 Å². The van der Waals surface area contributed by atoms with Crippen LogP contribution in [0.15, 0.2) is 47.6 Å². The molecule has 0 saturated carbocycles. The third-order valence-electron chi connectivity index (χ3n) is 7.64. The van der Waals surface area contributed by atoms with Gasteiger partial charge >= 0.3 is 0 Å². The summed E-state index contributed by atoms with van der Waals surface area (Å²) in [7, 11) is 1.97. The minimum atomic E-state index is -1.38. The average molecular weight is 577 g/mol. The lowest BCUT2D eigenvalue weighted by Gasteiger charge is -2.44. The molecule has 0 radical (unpaired) electrons. The molecule has 2 aliphatic rings. The van der Waals surface area contributed by atoms with Crippen LogP contribution in [0.4, 0.5) is 0 Å². The first-order valence-corrected chi connectivity index (χ1v) is 15.7. The molecule has 2 saturated heterocycles. The number of nitrogens with one attached hydrogen (secondary N) is 1. The topological polar surface area (TPSA) is 128 Å². The summed E-state index contributed by atoms with van der Waals surface area (Å²) in [5.74, 6) is 1.01. The van der Waals surface area contributed by atoms with Gasteiger partial charge in [-0.2, -0.15) is 0 Å². The van der Waals surface area contributed by atoms with E-state index < -0.39 is 35.9 Å². The van der Waals surface area contributed by atoms with Crippen LogP contribution in [0.2, 0.25) is 0 Å². The fraction of sp³-hybridized carbons (Fsp3) is 0.607. The van der Waals surface area contributed by atoms with Crippen LogP contribution in [0.1, 0.15) is 33.1 Å². The summed E-state index contributed by atoms with van der Waals surface area (Å²) >= 11 is 2.81. The number of carbonyl (C=O) groups is 1. The maximum absolute atomic E-state index is 13.6. The van der Waals surface area contributed by atoms with Gasteiger partial charge in [0.2, 0.25) is 5.91 Å². The molecule has 11 heteroatoms. The molecule has 1 amide bonds. The Hall–Kier alpha value is -1.73. The second kappa shape index (κ2) is 13.8. The first-order valence-electron chi connectivity index (χ1n) is 13.5. The number of carbonyl (C=O) groups excluding carboxylic acids is 1. The Balaban J connectivity index is 1.54. The Morgan fingerprint density at radius 1 is 1.15 bits per heavy atom. The lowest BCUT2D eigenvalue weighted by atomic mass is 9.92. The average Bonchev–Trinajstić information content (AvgIpc) is 3.32. The molecule has 9 atom stereocenters. The largest absolute Gasteiger partial charge is 0.388 e. The van der Waals surface area contributed by atoms with Gasteiger partial charge in [0, 0.05) is 34.6 Å². The van der Waals surface area contributed by atoms with E-state index in [-0.39, 0.29) is 17.2 Å². The Labute approximate surface area is 239 Å². The van der Waals surface area contributed by atoms with Crippen LogP contribution < -0.4 is 5.32 Å². The van der Waals surface area contributed by atoms with Crippen molar-refractivity contribution in [1.82, 2.24) is 20.2 Å². The number of aromatic nitrogens is 2. The van der Waals surface area contributed by atoms with E-state index in [0.717, 1.165) is 36.3 Å². The quantitative estimate of drug-likeness (QED) is 0.313. The normalized spacial score (nSPS) is 31.1. The summed E-state index contributed by atoms with van der Waals surface area (Å²) in [6.07, 6.45) is 3.27. The third-order valence-corrected chi connectivity index (χ3v) is 9.71. The van der Waals surface area contributed by atoms with E-state index in [4.69, 9.17) is 4.74 Å². The van der Waals surface area contributed by atoms with Crippen molar-refractivity contribution < 1.29 is 24.9 Å². The number of benzene rings is 1. The third kappa shape index (κ3) is 7.13. The Morgan fingerprint density at radius 2 is 1.85 bits per heavy atom. The molecule has 2 aromatic rings. The molecule has 39 heavy (non-hydrogen) atoms. The molecule has 1 unspecified atom stereocenters. The van der Waals surface area contributed by atoms with Gasteiger partial charge in [0.25, 0.3) is 0 Å². The fourth-order valence-electron chi connectivity index (χ4n) is 5.54. The number of aliphatic hydroxyl groups excluding tert-OH is 3. The summed E-state index contributed by atoms with van der Waals surface area (Å²) in [6.45, 7) is 5.01. The standard InChI is InChI=1S/C28H40N4O5S2/c1-5-7-17-14-20(32(3)15-17)27(36)31-21(25-23(34)22(33)24(35)28(37-25)38-4)16(2)39-19-10-8-18(9-11-19)26-29-12-6-13-30-26/h6,8-13,16-17,20-25,28,33-35H,5,7,14-15H2,1-4H3,(H,31,36)/t16-,17-,20+,21?,22+,23-,24-,25-,28-/m1/s1. The number of likely N-dealkylation sites (N-methyl/N-ethyl adjacent to an activating group) is 1. The molecule has 0 aliphatic carbocycles. The molecule has 214 valence electrons. The molecule has 1 aromatic carbocycles. The first-order chi connectivity index (χ1) is 18.7. The number of likely N-dealkylation sites (tertiary alicyclic amines) is 1. The monoisotopic (exact) mass is 576 g/mol. The van der Waals surface area contributed by atoms with E-state index in [1.807, 2.05) is 38.2 Å². The van der Waals surface area contributed by atoms with Gasteiger partial charge in [0.05, 0.1) is 12.1 Å². The number of thioether (sulfide) groups is 2. The number of rotatable bonds is 10. The predicted octanol–water partition coefficient (Wildman–Crippen LogP) is 2.40. The van der Waals surface area contributed by atoms with Gasteiger partial charge in [-0.3, -0.25) is 9.69 Å². The lowest BCUT2D eigenvalue weighted by molar-refractivity contribution is -0.205. The predicted molar refractivity (Wildman–Crippen MR) is 154 cm³/mol. The highest BCUT2D eigenvalue weighted by molar-refractivity contribution is 8.00. The van der Waals surface area contributed by atoms with Crippen molar-refractivity contribution in [3.8, 4) is 11.4 Å². The Kier molecular flexibility index (Phi) is 10.7. The first kappa shape index (κ1) is 30.2. The molecular weight excluding hydrogens is 536 g/mol. The number of hydrogen-bond donors (Lipinski definition) is 4. The van der Waals surface area contributed by atoms with Gasteiger partial charge in [0.15, 0.2) is 5.82 Å². The fourth-order valence-corrected chi connectivity index (χ4v) is 7.31. The van der Waals surface area contributed by atoms with Gasteiger partial charge in [-0.15, -0.1) is 23.5 Å². The summed E-state index contributed by atoms with van der Waals surface area (Å²) in [4.78, 5) is 25.2. The van der Waals surface area contributed by atoms with Gasteiger partial charge in [-0.1, -0.05) is 32.4 Å². The minimum Gasteiger partial charge on any atom is -0.388 e. The minimum absolute atomic E-state index is 0.109. The number of ether oxygens (including phenoxy) is 1. The SMILES string of the molecule is CCC[C@@H]1C[C@@H](C(=O)NC([C@H]2O[C@H](SC)[C@H](O)[C@@H](O)[C@H]2O)[C@@H](C)Sc2ccc(-c3ncccn3)cc2)N(C)C1. The van der Waals surface area contributed by atoms with Crippen molar-refractivity contribution in [3.63, 3.8) is 0 Å². The van der Waals surface area contributed by atoms with Crippen LogP contribution in [-0.4, -0.2) is 103 Å². The van der Waals surface area contributed by atoms with Crippen molar-refractivity contribution in [3.05, 3.63) is 42.7 Å². The maximum Gasteiger partial charge on any atom is 0.237 e. The van der Waals surface area contributed by atoms with Crippen molar-refractivity contribution in [2.75, 3.05) is 19.8 Å². The smallest absolute Gasteiger partial charge is 0.237 e. The van der Waals surface area contributed by atoms with Crippen molar-refractivity contribution in [2.45, 2.75) is 85.2 Å². The van der Waals surface area contributed by atoms with Gasteiger partial charge in [0.1, 0.15) is 29.9 Å². The molecule has 1 aromatic heterocycles. The van der Waals surface area contributed by atoms with Gasteiger partial charge in [-0.25, -0.2) is 9.97 Å². The van der Waals surface area contributed by atoms with Crippen LogP contribution >= 0.6 is 23.5 Å². The van der Waals surface area contributed by atoms with Crippen molar-refractivity contribution in [2.24, 2.45) is 5.92 Å². The van der Waals surface area contributed by atoms with Gasteiger partial charge in [-0.05, 0) is 50.3 Å². The molecular formula is C28H40N4O5S2. The Morgan fingerprint density at radius 3 is 2.49 bits per heavy atom. The molecule has 0 spiro atoms. The highest BCUT2D eigenvalue weighted by atomic mass is 32.2. The molecule has 0 bridgehead atoms. The van der Waals surface area contributed by atoms with E-state index in [1.54, 1.807) is 36.5 Å². The number of nitrogens with zero attached hydrogens (tertiary/aromatic N) is 3. The number of hydrogen-bond acceptors (Lipinski definition) is 10. The Bertz CT molecular complexity index is 1060. The molecule has 4 rings (SSSR count). The summed E-state index contributed by atoms with van der Waals surface area (Å²) in [5, 5.41) is 35.0. The summed E-state index contributed by atoms with van der Waals surface area (Å²) in [6, 6.07) is 8.76. The lowest BCUT2D eigenvalue weighted by Crippen LogP contribution is -2.65. The zero-order chi connectivity index (χ0) is 28.1. The van der Waals surface area contributed by atoms with Crippen LogP contribution in [0.3, 0.4) is 0 Å². The second-order valence-corrected chi connectivity index (χ2v) is 12.9. The van der Waals surface area contributed by atoms with Gasteiger partial charge < -0.3 is 25.4 Å². The molecule has 2 aliphatic heterocycles. The van der Waals surface area contributed by atoms with Crippen molar-refractivity contribution in [1.29, 1.82) is 0 Å². The second-order valence-electron chi connectivity index (χ2n) is 10.5. The maximum atomic E-state index is 13.6. The molecule has 9 nitrogen and oxygen atoms in total. The molecule has 2 fully saturated rings. The van der Waals surface area contributed by atoms with Crippen LogP contribution in [0.5, 0.6) is 0 Å². The summed E-state index contributed by atoms with van der Waals surface area (Å²) < 4.78 is 6.12. The van der Waals surface area contributed by atoms with E-state index in [1.165, 1.54) is 11.8 Å². The zero-order valence-electron chi connectivity index (χ0n) is 22.9. The van der Waals surface area contributed by atoms with Crippen molar-refractivity contribution >= 4 is 29.4 Å². The molecule has 4 N–H and O–H groups in total. The summed E-state index contributed by atoms with van der Waals surface area (Å²) in [5.41, 5.74) is 0.174. The van der Waals surface area contributed by atoms with E-state index in [9.17, 15) is 20.1 Å². The van der Waals surface area contributed by atoms with E-state index in [2.05, 4.69) is 27.1 Å². The highest BCUT2D eigenvalue weighted by Gasteiger charge is 2.48. The number of amides is 1. The van der Waals surface area contributed by atoms with Crippen LogP contribution in [-0.2, 0) is 9.53 Å². The van der Waals surface area contributed by atoms with E-state index in [0.29, 0.717) is 11.7 Å². The van der Waals surface area contributed by atoms with Crippen LogP contribution in [0.25, 0.3) is 11.4 Å². The molecule has 3 heterocycles.